The lowest BCUT2D eigenvalue weighted by atomic mass is 9.77. The molecule has 1 heterocycles. The van der Waals surface area contributed by atoms with Crippen LogP contribution < -0.4 is 15.8 Å². The van der Waals surface area contributed by atoms with Gasteiger partial charge in [-0.3, -0.25) is 4.79 Å². The van der Waals surface area contributed by atoms with Gasteiger partial charge >= 0.3 is 0 Å². The van der Waals surface area contributed by atoms with Crippen molar-refractivity contribution in [3.05, 3.63) is 23.8 Å². The number of anilines is 1. The van der Waals surface area contributed by atoms with Gasteiger partial charge in [0.15, 0.2) is 6.61 Å². The van der Waals surface area contributed by atoms with Gasteiger partial charge in [0.05, 0.1) is 5.69 Å². The second-order valence-corrected chi connectivity index (χ2v) is 5.26. The fraction of sp³-hybridized carbons (Fsp3) is 0.500. The van der Waals surface area contributed by atoms with Crippen LogP contribution in [0, 0.1) is 0 Å². The molecule has 1 fully saturated rings. The number of fused-ring (bicyclic) bond motifs is 1. The number of nitrogens with two attached hydrogens (primary N) is 1. The number of amides is 1. The average molecular weight is 246 g/mol. The quantitative estimate of drug-likeness (QED) is 0.798. The Kier molecular flexibility index (Phi) is 2.74. The topological polar surface area (TPSA) is 64.3 Å². The molecule has 3 N–H and O–H groups in total. The third-order valence-electron chi connectivity index (χ3n) is 3.94. The summed E-state index contributed by atoms with van der Waals surface area (Å²) >= 11 is 0. The molecule has 1 aromatic carbocycles. The first-order valence-corrected chi connectivity index (χ1v) is 6.53. The Morgan fingerprint density at radius 1 is 1.22 bits per heavy atom. The molecule has 18 heavy (non-hydrogen) atoms. The first kappa shape index (κ1) is 11.5. The monoisotopic (exact) mass is 246 g/mol. The van der Waals surface area contributed by atoms with Crippen molar-refractivity contribution >= 4 is 11.6 Å². The number of ether oxygens (including phenoxy) is 1. The third-order valence-corrected chi connectivity index (χ3v) is 3.94. The van der Waals surface area contributed by atoms with Crippen LogP contribution in [-0.2, 0) is 10.3 Å². The minimum absolute atomic E-state index is 0.0913. The highest BCUT2D eigenvalue weighted by Crippen LogP contribution is 2.38. The molecule has 96 valence electrons. The summed E-state index contributed by atoms with van der Waals surface area (Å²) in [6, 6.07) is 5.89. The molecule has 1 aliphatic heterocycles. The molecule has 0 bridgehead atoms. The SMILES string of the molecule is NC1(c2ccc3c(c2)OCC(=O)N3)CCCCC1. The summed E-state index contributed by atoms with van der Waals surface area (Å²) in [5.74, 6) is 0.637. The van der Waals surface area contributed by atoms with Crippen molar-refractivity contribution in [2.45, 2.75) is 37.6 Å². The van der Waals surface area contributed by atoms with Gasteiger partial charge in [-0.15, -0.1) is 0 Å². The van der Waals surface area contributed by atoms with E-state index < -0.39 is 0 Å². The largest absolute Gasteiger partial charge is 0.482 e. The Balaban J connectivity index is 1.92. The molecule has 1 amide bonds. The lowest BCUT2D eigenvalue weighted by Crippen LogP contribution is -2.38. The Morgan fingerprint density at radius 3 is 2.78 bits per heavy atom. The molecule has 0 aromatic heterocycles. The second kappa shape index (κ2) is 4.28. The molecule has 1 saturated carbocycles. The van der Waals surface area contributed by atoms with Crippen LogP contribution in [0.4, 0.5) is 5.69 Å². The lowest BCUT2D eigenvalue weighted by Gasteiger charge is -2.34. The predicted octanol–water partition coefficient (Wildman–Crippen LogP) is 2.14. The van der Waals surface area contributed by atoms with E-state index in [4.69, 9.17) is 10.5 Å². The summed E-state index contributed by atoms with van der Waals surface area (Å²) in [5.41, 5.74) is 8.14. The number of hydrogen-bond acceptors (Lipinski definition) is 3. The van der Waals surface area contributed by atoms with Crippen molar-refractivity contribution in [3.8, 4) is 5.75 Å². The van der Waals surface area contributed by atoms with Crippen LogP contribution in [0.1, 0.15) is 37.7 Å². The summed E-state index contributed by atoms with van der Waals surface area (Å²) in [4.78, 5) is 11.2. The Morgan fingerprint density at radius 2 is 2.00 bits per heavy atom. The summed E-state index contributed by atoms with van der Waals surface area (Å²) < 4.78 is 5.44. The third kappa shape index (κ3) is 1.97. The van der Waals surface area contributed by atoms with E-state index in [9.17, 15) is 4.79 Å². The van der Waals surface area contributed by atoms with Gasteiger partial charge < -0.3 is 15.8 Å². The highest BCUT2D eigenvalue weighted by atomic mass is 16.5. The molecule has 0 unspecified atom stereocenters. The van der Waals surface area contributed by atoms with Gasteiger partial charge in [-0.1, -0.05) is 25.3 Å². The first-order chi connectivity index (χ1) is 8.67. The maximum atomic E-state index is 11.2. The highest BCUT2D eigenvalue weighted by molar-refractivity contribution is 5.95. The molecule has 4 heteroatoms. The van der Waals surface area contributed by atoms with Crippen LogP contribution >= 0.6 is 0 Å². The smallest absolute Gasteiger partial charge is 0.262 e. The van der Waals surface area contributed by atoms with Crippen molar-refractivity contribution in [2.75, 3.05) is 11.9 Å². The Labute approximate surface area is 107 Å². The fourth-order valence-corrected chi connectivity index (χ4v) is 2.86. The van der Waals surface area contributed by atoms with Crippen molar-refractivity contribution in [2.24, 2.45) is 5.73 Å². The number of benzene rings is 1. The zero-order valence-corrected chi connectivity index (χ0v) is 10.4. The van der Waals surface area contributed by atoms with Crippen LogP contribution in [0.3, 0.4) is 0 Å². The second-order valence-electron chi connectivity index (χ2n) is 5.26. The molecule has 0 radical (unpaired) electrons. The average Bonchev–Trinajstić information content (AvgIpc) is 2.39. The molecule has 0 atom stereocenters. The minimum atomic E-state index is -0.224. The highest BCUT2D eigenvalue weighted by Gasteiger charge is 2.30. The van der Waals surface area contributed by atoms with Gasteiger partial charge in [-0.2, -0.15) is 0 Å². The molecule has 3 rings (SSSR count). The van der Waals surface area contributed by atoms with E-state index in [2.05, 4.69) is 5.32 Å². The van der Waals surface area contributed by atoms with Crippen molar-refractivity contribution in [1.82, 2.24) is 0 Å². The van der Waals surface area contributed by atoms with Gasteiger partial charge in [0.1, 0.15) is 5.75 Å². The van der Waals surface area contributed by atoms with Crippen LogP contribution in [0.15, 0.2) is 18.2 Å². The van der Waals surface area contributed by atoms with Crippen LogP contribution in [-0.4, -0.2) is 12.5 Å². The van der Waals surface area contributed by atoms with E-state index in [0.29, 0.717) is 0 Å². The molecular formula is C14H18N2O2. The predicted molar refractivity (Wildman–Crippen MR) is 69.5 cm³/mol. The number of carbonyl (C=O) groups is 1. The lowest BCUT2D eigenvalue weighted by molar-refractivity contribution is -0.118. The summed E-state index contributed by atoms with van der Waals surface area (Å²) in [6.07, 6.45) is 5.70. The van der Waals surface area contributed by atoms with Crippen molar-refractivity contribution < 1.29 is 9.53 Å². The molecule has 1 aromatic rings. The molecule has 0 spiro atoms. The molecule has 4 nitrogen and oxygen atoms in total. The fourth-order valence-electron chi connectivity index (χ4n) is 2.86. The Hall–Kier alpha value is -1.55. The zero-order chi connectivity index (χ0) is 12.6. The molecular weight excluding hydrogens is 228 g/mol. The molecule has 2 aliphatic rings. The number of rotatable bonds is 1. The van der Waals surface area contributed by atoms with Crippen LogP contribution in [0.5, 0.6) is 5.75 Å². The number of carbonyl (C=O) groups excluding carboxylic acids is 1. The summed E-state index contributed by atoms with van der Waals surface area (Å²) in [5, 5.41) is 2.80. The maximum absolute atomic E-state index is 11.2. The molecule has 0 saturated heterocycles. The normalized spacial score (nSPS) is 21.7. The van der Waals surface area contributed by atoms with E-state index in [-0.39, 0.29) is 18.1 Å². The maximum Gasteiger partial charge on any atom is 0.262 e. The van der Waals surface area contributed by atoms with E-state index in [1.807, 2.05) is 18.2 Å². The van der Waals surface area contributed by atoms with Gasteiger partial charge in [0.2, 0.25) is 0 Å². The van der Waals surface area contributed by atoms with E-state index in [0.717, 1.165) is 29.8 Å². The van der Waals surface area contributed by atoms with E-state index >= 15 is 0 Å². The minimum Gasteiger partial charge on any atom is -0.482 e. The van der Waals surface area contributed by atoms with Crippen LogP contribution in [0.25, 0.3) is 0 Å². The van der Waals surface area contributed by atoms with Gasteiger partial charge in [0, 0.05) is 5.54 Å². The summed E-state index contributed by atoms with van der Waals surface area (Å²) in [7, 11) is 0. The molecule has 1 aliphatic carbocycles. The van der Waals surface area contributed by atoms with Crippen LogP contribution in [0.2, 0.25) is 0 Å². The first-order valence-electron chi connectivity index (χ1n) is 6.53. The summed E-state index contributed by atoms with van der Waals surface area (Å²) in [6.45, 7) is 0.0913. The van der Waals surface area contributed by atoms with Gasteiger partial charge in [-0.05, 0) is 30.5 Å². The van der Waals surface area contributed by atoms with Gasteiger partial charge in [0.25, 0.3) is 5.91 Å². The number of nitrogens with one attached hydrogen (secondary N) is 1. The van der Waals surface area contributed by atoms with Crippen molar-refractivity contribution in [3.63, 3.8) is 0 Å². The van der Waals surface area contributed by atoms with Gasteiger partial charge in [-0.25, -0.2) is 0 Å². The van der Waals surface area contributed by atoms with Crippen molar-refractivity contribution in [1.29, 1.82) is 0 Å². The van der Waals surface area contributed by atoms with E-state index in [1.54, 1.807) is 0 Å². The van der Waals surface area contributed by atoms with E-state index in [1.165, 1.54) is 19.3 Å². The number of hydrogen-bond donors (Lipinski definition) is 2. The standard InChI is InChI=1S/C14H18N2O2/c15-14(6-2-1-3-7-14)10-4-5-11-12(8-10)18-9-13(17)16-11/h4-5,8H,1-3,6-7,9,15H2,(H,16,17). The Bertz CT molecular complexity index is 479. The zero-order valence-electron chi connectivity index (χ0n) is 10.4.